The third-order valence-corrected chi connectivity index (χ3v) is 4.01. The first-order chi connectivity index (χ1) is 8.74. The highest BCUT2D eigenvalue weighted by atomic mass is 32.1. The zero-order chi connectivity index (χ0) is 12.5. The topological polar surface area (TPSA) is 46.2 Å². The van der Waals surface area contributed by atoms with Gasteiger partial charge in [0.05, 0.1) is 6.04 Å². The standard InChI is InChI=1S/C15H13NOS/c16-15(14-2-1-7-18-14)12-4-3-11-9-13(17)6-5-10(11)8-12/h1-9,15,17H,16H2/t15-/m1/s1. The van der Waals surface area contributed by atoms with Crippen LogP contribution in [0, 0.1) is 0 Å². The van der Waals surface area contributed by atoms with E-state index >= 15 is 0 Å². The number of thiophene rings is 1. The van der Waals surface area contributed by atoms with Crippen molar-refractivity contribution in [1.82, 2.24) is 0 Å². The Labute approximate surface area is 109 Å². The van der Waals surface area contributed by atoms with E-state index in [0.717, 1.165) is 21.2 Å². The molecule has 2 aromatic carbocycles. The molecule has 0 aliphatic carbocycles. The van der Waals surface area contributed by atoms with Gasteiger partial charge in [-0.05, 0) is 46.0 Å². The lowest BCUT2D eigenvalue weighted by Gasteiger charge is -2.11. The highest BCUT2D eigenvalue weighted by Gasteiger charge is 2.10. The van der Waals surface area contributed by atoms with Crippen LogP contribution in [0.3, 0.4) is 0 Å². The molecule has 0 saturated carbocycles. The molecule has 3 N–H and O–H groups in total. The Hall–Kier alpha value is -1.84. The number of fused-ring (bicyclic) bond motifs is 1. The van der Waals surface area contributed by atoms with Crippen LogP contribution in [0.1, 0.15) is 16.5 Å². The fraction of sp³-hybridized carbons (Fsp3) is 0.0667. The number of hydrogen-bond donors (Lipinski definition) is 2. The highest BCUT2D eigenvalue weighted by molar-refractivity contribution is 7.10. The Morgan fingerprint density at radius 1 is 1.00 bits per heavy atom. The summed E-state index contributed by atoms with van der Waals surface area (Å²) < 4.78 is 0. The molecule has 3 heteroatoms. The van der Waals surface area contributed by atoms with E-state index in [1.807, 2.05) is 29.6 Å². The van der Waals surface area contributed by atoms with E-state index in [-0.39, 0.29) is 11.8 Å². The van der Waals surface area contributed by atoms with Crippen LogP contribution >= 0.6 is 11.3 Å². The zero-order valence-corrected chi connectivity index (χ0v) is 10.5. The SMILES string of the molecule is N[C@H](c1ccc2cc(O)ccc2c1)c1cccs1. The first-order valence-electron chi connectivity index (χ1n) is 5.76. The molecule has 0 saturated heterocycles. The van der Waals surface area contributed by atoms with E-state index in [1.165, 1.54) is 0 Å². The van der Waals surface area contributed by atoms with Gasteiger partial charge in [0.1, 0.15) is 5.75 Å². The highest BCUT2D eigenvalue weighted by Crippen LogP contribution is 2.27. The van der Waals surface area contributed by atoms with Gasteiger partial charge in [0.25, 0.3) is 0 Å². The second-order valence-electron chi connectivity index (χ2n) is 4.28. The molecular weight excluding hydrogens is 242 g/mol. The summed E-state index contributed by atoms with van der Waals surface area (Å²) in [6.45, 7) is 0. The first kappa shape index (κ1) is 11.3. The molecule has 0 bridgehead atoms. The molecule has 1 atom stereocenters. The number of phenolic OH excluding ortho intramolecular Hbond substituents is 1. The number of benzene rings is 2. The van der Waals surface area contributed by atoms with Crippen molar-refractivity contribution in [2.75, 3.05) is 0 Å². The molecule has 0 spiro atoms. The molecule has 3 aromatic rings. The molecule has 0 aliphatic heterocycles. The normalized spacial score (nSPS) is 12.7. The minimum Gasteiger partial charge on any atom is -0.508 e. The Bertz CT molecular complexity index is 676. The van der Waals surface area contributed by atoms with Crippen molar-refractivity contribution >= 4 is 22.1 Å². The zero-order valence-electron chi connectivity index (χ0n) is 9.71. The van der Waals surface area contributed by atoms with Gasteiger partial charge >= 0.3 is 0 Å². The van der Waals surface area contributed by atoms with Crippen molar-refractivity contribution in [3.63, 3.8) is 0 Å². The van der Waals surface area contributed by atoms with Crippen LogP contribution in [0.25, 0.3) is 10.8 Å². The van der Waals surface area contributed by atoms with Crippen LogP contribution in [0.2, 0.25) is 0 Å². The number of aromatic hydroxyl groups is 1. The molecule has 0 aliphatic rings. The maximum absolute atomic E-state index is 9.44. The minimum absolute atomic E-state index is 0.0804. The van der Waals surface area contributed by atoms with Gasteiger partial charge in [-0.25, -0.2) is 0 Å². The monoisotopic (exact) mass is 255 g/mol. The van der Waals surface area contributed by atoms with Gasteiger partial charge in [-0.15, -0.1) is 11.3 Å². The lowest BCUT2D eigenvalue weighted by atomic mass is 10.0. The van der Waals surface area contributed by atoms with E-state index in [1.54, 1.807) is 23.5 Å². The summed E-state index contributed by atoms with van der Waals surface area (Å²) in [5.74, 6) is 0.290. The van der Waals surface area contributed by atoms with Gasteiger partial charge in [-0.2, -0.15) is 0 Å². The van der Waals surface area contributed by atoms with Gasteiger partial charge in [0, 0.05) is 4.88 Å². The van der Waals surface area contributed by atoms with E-state index in [4.69, 9.17) is 5.73 Å². The summed E-state index contributed by atoms with van der Waals surface area (Å²) in [5, 5.41) is 13.6. The van der Waals surface area contributed by atoms with E-state index < -0.39 is 0 Å². The van der Waals surface area contributed by atoms with Crippen molar-refractivity contribution < 1.29 is 5.11 Å². The number of phenols is 1. The summed E-state index contributed by atoms with van der Waals surface area (Å²) >= 11 is 1.67. The van der Waals surface area contributed by atoms with Gasteiger partial charge in [-0.1, -0.05) is 24.3 Å². The molecule has 0 fully saturated rings. The second kappa shape index (κ2) is 4.44. The lowest BCUT2D eigenvalue weighted by Crippen LogP contribution is -2.09. The minimum atomic E-state index is -0.0804. The van der Waals surface area contributed by atoms with Gasteiger partial charge < -0.3 is 10.8 Å². The number of rotatable bonds is 2. The first-order valence-corrected chi connectivity index (χ1v) is 6.64. The molecule has 3 rings (SSSR count). The van der Waals surface area contributed by atoms with Gasteiger partial charge in [0.2, 0.25) is 0 Å². The Kier molecular flexibility index (Phi) is 2.78. The number of hydrogen-bond acceptors (Lipinski definition) is 3. The van der Waals surface area contributed by atoms with Crippen molar-refractivity contribution in [3.05, 3.63) is 64.4 Å². The van der Waals surface area contributed by atoms with Crippen LogP contribution in [-0.4, -0.2) is 5.11 Å². The van der Waals surface area contributed by atoms with Gasteiger partial charge in [0.15, 0.2) is 0 Å². The van der Waals surface area contributed by atoms with E-state index in [9.17, 15) is 5.11 Å². The Morgan fingerprint density at radius 3 is 2.56 bits per heavy atom. The van der Waals surface area contributed by atoms with E-state index in [0.29, 0.717) is 0 Å². The average Bonchev–Trinajstić information content (AvgIpc) is 2.91. The number of nitrogens with two attached hydrogens (primary N) is 1. The van der Waals surface area contributed by atoms with Crippen LogP contribution in [0.4, 0.5) is 0 Å². The predicted octanol–water partition coefficient (Wildman–Crippen LogP) is 3.66. The molecule has 2 nitrogen and oxygen atoms in total. The van der Waals surface area contributed by atoms with Crippen molar-refractivity contribution in [1.29, 1.82) is 0 Å². The fourth-order valence-corrected chi connectivity index (χ4v) is 2.83. The maximum atomic E-state index is 9.44. The molecule has 90 valence electrons. The van der Waals surface area contributed by atoms with Crippen molar-refractivity contribution in [3.8, 4) is 5.75 Å². The molecule has 1 heterocycles. The maximum Gasteiger partial charge on any atom is 0.116 e. The summed E-state index contributed by atoms with van der Waals surface area (Å²) in [5.41, 5.74) is 7.34. The summed E-state index contributed by atoms with van der Waals surface area (Å²) in [7, 11) is 0. The quantitative estimate of drug-likeness (QED) is 0.734. The fourth-order valence-electron chi connectivity index (χ4n) is 2.08. The average molecular weight is 255 g/mol. The van der Waals surface area contributed by atoms with E-state index in [2.05, 4.69) is 12.1 Å². The third-order valence-electron chi connectivity index (χ3n) is 3.06. The smallest absolute Gasteiger partial charge is 0.116 e. The van der Waals surface area contributed by atoms with Crippen molar-refractivity contribution in [2.24, 2.45) is 5.73 Å². The van der Waals surface area contributed by atoms with Gasteiger partial charge in [-0.3, -0.25) is 0 Å². The van der Waals surface area contributed by atoms with Crippen LogP contribution in [-0.2, 0) is 0 Å². The Morgan fingerprint density at radius 2 is 1.78 bits per heavy atom. The second-order valence-corrected chi connectivity index (χ2v) is 5.26. The molecular formula is C15H13NOS. The molecule has 1 aromatic heterocycles. The summed E-state index contributed by atoms with van der Waals surface area (Å²) in [6, 6.07) is 15.5. The largest absolute Gasteiger partial charge is 0.508 e. The van der Waals surface area contributed by atoms with Crippen molar-refractivity contribution in [2.45, 2.75) is 6.04 Å². The molecule has 0 radical (unpaired) electrons. The summed E-state index contributed by atoms with van der Waals surface area (Å²) in [6.07, 6.45) is 0. The van der Waals surface area contributed by atoms with Crippen LogP contribution in [0.5, 0.6) is 5.75 Å². The van der Waals surface area contributed by atoms with Crippen LogP contribution < -0.4 is 5.73 Å². The Balaban J connectivity index is 2.06. The lowest BCUT2D eigenvalue weighted by molar-refractivity contribution is 0.476. The molecule has 0 unspecified atom stereocenters. The third kappa shape index (κ3) is 1.98. The summed E-state index contributed by atoms with van der Waals surface area (Å²) in [4.78, 5) is 1.16. The molecule has 0 amide bonds. The predicted molar refractivity (Wildman–Crippen MR) is 76.0 cm³/mol. The van der Waals surface area contributed by atoms with Crippen LogP contribution in [0.15, 0.2) is 53.9 Å². The molecule has 18 heavy (non-hydrogen) atoms.